The molecule has 0 rings (SSSR count). The molecule has 0 aliphatic rings. The first-order chi connectivity index (χ1) is 9.92. The Bertz CT molecular complexity index is 395. The van der Waals surface area contributed by atoms with Crippen molar-refractivity contribution in [2.24, 2.45) is 5.41 Å². The molecule has 7 nitrogen and oxygen atoms in total. The van der Waals surface area contributed by atoms with Crippen molar-refractivity contribution in [2.45, 2.75) is 47.1 Å². The molecule has 0 bridgehead atoms. The molecule has 22 heavy (non-hydrogen) atoms. The van der Waals surface area contributed by atoms with Crippen molar-refractivity contribution < 1.29 is 19.1 Å². The Kier molecular flexibility index (Phi) is 8.08. The number of hydrogen-bond donors (Lipinski definition) is 3. The van der Waals surface area contributed by atoms with Gasteiger partial charge in [-0.3, -0.25) is 14.4 Å². The van der Waals surface area contributed by atoms with Crippen molar-refractivity contribution in [3.63, 3.8) is 0 Å². The lowest BCUT2D eigenvalue weighted by molar-refractivity contribution is -0.131. The normalized spacial score (nSPS) is 11.7. The predicted octanol–water partition coefficient (Wildman–Crippen LogP) is 0.196. The van der Waals surface area contributed by atoms with Gasteiger partial charge >= 0.3 is 0 Å². The molecule has 0 spiro atoms. The minimum absolute atomic E-state index is 0.0477. The number of carbonyl (C=O) groups is 3. The van der Waals surface area contributed by atoms with Gasteiger partial charge in [-0.05, 0) is 20.8 Å². The van der Waals surface area contributed by atoms with Crippen LogP contribution >= 0.6 is 0 Å². The monoisotopic (exact) mass is 315 g/mol. The third kappa shape index (κ3) is 11.1. The highest BCUT2D eigenvalue weighted by Crippen LogP contribution is 2.11. The fourth-order valence-corrected chi connectivity index (χ4v) is 1.37. The van der Waals surface area contributed by atoms with Gasteiger partial charge in [0.05, 0.1) is 13.2 Å². The molecule has 0 saturated heterocycles. The lowest BCUT2D eigenvalue weighted by Gasteiger charge is -2.20. The fraction of sp³-hybridized carbons (Fsp3) is 0.800. The molecule has 3 N–H and O–H groups in total. The minimum Gasteiger partial charge on any atom is -0.370 e. The van der Waals surface area contributed by atoms with E-state index in [4.69, 9.17) is 4.74 Å². The average molecular weight is 315 g/mol. The summed E-state index contributed by atoms with van der Waals surface area (Å²) in [4.78, 5) is 34.5. The largest absolute Gasteiger partial charge is 0.370 e. The van der Waals surface area contributed by atoms with Gasteiger partial charge in [-0.1, -0.05) is 20.8 Å². The van der Waals surface area contributed by atoms with Crippen molar-refractivity contribution in [1.82, 2.24) is 16.0 Å². The molecular formula is C15H29N3O4. The zero-order valence-corrected chi connectivity index (χ0v) is 14.5. The minimum atomic E-state index is -0.524. The van der Waals surface area contributed by atoms with Crippen molar-refractivity contribution >= 4 is 17.7 Å². The molecule has 0 heterocycles. The van der Waals surface area contributed by atoms with Gasteiger partial charge < -0.3 is 20.7 Å². The Morgan fingerprint density at radius 3 is 2.00 bits per heavy atom. The van der Waals surface area contributed by atoms with Gasteiger partial charge in [-0.15, -0.1) is 0 Å². The van der Waals surface area contributed by atoms with Crippen molar-refractivity contribution in [3.8, 4) is 0 Å². The third-order valence-electron chi connectivity index (χ3n) is 2.41. The summed E-state index contributed by atoms with van der Waals surface area (Å²) in [5, 5.41) is 7.92. The fourth-order valence-electron chi connectivity index (χ4n) is 1.37. The lowest BCUT2D eigenvalue weighted by atomic mass is 9.96. The van der Waals surface area contributed by atoms with Crippen LogP contribution in [-0.2, 0) is 19.1 Å². The number of nitrogens with one attached hydrogen (secondary N) is 3. The highest BCUT2D eigenvalue weighted by Gasteiger charge is 2.21. The van der Waals surface area contributed by atoms with Crippen molar-refractivity contribution in [1.29, 1.82) is 0 Å². The van der Waals surface area contributed by atoms with Crippen molar-refractivity contribution in [3.05, 3.63) is 0 Å². The molecule has 0 aromatic rings. The van der Waals surface area contributed by atoms with Crippen LogP contribution in [0.2, 0.25) is 0 Å². The van der Waals surface area contributed by atoms with Gasteiger partial charge in [0, 0.05) is 17.5 Å². The summed E-state index contributed by atoms with van der Waals surface area (Å²) in [5.74, 6) is -0.672. The molecule has 0 saturated carbocycles. The van der Waals surface area contributed by atoms with Gasteiger partial charge in [-0.25, -0.2) is 0 Å². The Morgan fingerprint density at radius 1 is 0.909 bits per heavy atom. The van der Waals surface area contributed by atoms with Crippen LogP contribution in [-0.4, -0.2) is 49.6 Å². The third-order valence-corrected chi connectivity index (χ3v) is 2.41. The molecule has 0 unspecified atom stereocenters. The van der Waals surface area contributed by atoms with E-state index < -0.39 is 5.41 Å². The van der Waals surface area contributed by atoms with Crippen LogP contribution in [0.15, 0.2) is 0 Å². The highest BCUT2D eigenvalue weighted by atomic mass is 16.5. The summed E-state index contributed by atoms with van der Waals surface area (Å²) >= 11 is 0. The summed E-state index contributed by atoms with van der Waals surface area (Å²) < 4.78 is 5.16. The van der Waals surface area contributed by atoms with E-state index >= 15 is 0 Å². The second-order valence-electron chi connectivity index (χ2n) is 7.13. The topological polar surface area (TPSA) is 96.5 Å². The van der Waals surface area contributed by atoms with Crippen LogP contribution in [0.4, 0.5) is 0 Å². The quantitative estimate of drug-likeness (QED) is 0.585. The number of hydrogen-bond acceptors (Lipinski definition) is 4. The Balaban J connectivity index is 3.70. The molecule has 0 aliphatic carbocycles. The first-order valence-electron chi connectivity index (χ1n) is 7.35. The number of ether oxygens (including phenoxy) is 1. The van der Waals surface area contributed by atoms with Crippen LogP contribution in [0.5, 0.6) is 0 Å². The maximum Gasteiger partial charge on any atom is 0.246 e. The summed E-state index contributed by atoms with van der Waals surface area (Å²) in [6, 6.07) is 0. The Hall–Kier alpha value is -1.63. The van der Waals surface area contributed by atoms with Gasteiger partial charge in [0.2, 0.25) is 17.7 Å². The van der Waals surface area contributed by atoms with E-state index in [0.717, 1.165) is 0 Å². The average Bonchev–Trinajstić information content (AvgIpc) is 2.32. The smallest absolute Gasteiger partial charge is 0.246 e. The SMILES string of the molecule is CC(C)(C)NC(=O)COCCNC(=O)CNC(=O)C(C)(C)C. The molecule has 0 radical (unpaired) electrons. The van der Waals surface area contributed by atoms with Crippen LogP contribution in [0.25, 0.3) is 0 Å². The van der Waals surface area contributed by atoms with E-state index in [0.29, 0.717) is 0 Å². The predicted molar refractivity (Wildman–Crippen MR) is 84.2 cm³/mol. The van der Waals surface area contributed by atoms with E-state index in [-0.39, 0.29) is 49.6 Å². The van der Waals surface area contributed by atoms with E-state index in [1.807, 2.05) is 20.8 Å². The lowest BCUT2D eigenvalue weighted by Crippen LogP contribution is -2.43. The van der Waals surface area contributed by atoms with Crippen LogP contribution in [0.1, 0.15) is 41.5 Å². The second-order valence-corrected chi connectivity index (χ2v) is 7.13. The standard InChI is InChI=1S/C15H29N3O4/c1-14(2,3)13(21)17-9-11(19)16-7-8-22-10-12(20)18-15(4,5)6/h7-10H2,1-6H3,(H,16,19)(H,17,21)(H,18,20). The second kappa shape index (κ2) is 8.73. The molecule has 7 heteroatoms. The van der Waals surface area contributed by atoms with Crippen LogP contribution in [0, 0.1) is 5.41 Å². The zero-order chi connectivity index (χ0) is 17.4. The maximum atomic E-state index is 11.6. The van der Waals surface area contributed by atoms with Gasteiger partial charge in [0.25, 0.3) is 0 Å². The number of carbonyl (C=O) groups excluding carboxylic acids is 3. The molecule has 0 fully saturated rings. The maximum absolute atomic E-state index is 11.6. The van der Waals surface area contributed by atoms with Crippen LogP contribution < -0.4 is 16.0 Å². The zero-order valence-electron chi connectivity index (χ0n) is 14.5. The highest BCUT2D eigenvalue weighted by molar-refractivity contribution is 5.87. The molecular weight excluding hydrogens is 286 g/mol. The Labute approximate surface area is 132 Å². The van der Waals surface area contributed by atoms with Crippen molar-refractivity contribution in [2.75, 3.05) is 26.3 Å². The van der Waals surface area contributed by atoms with Gasteiger partial charge in [0.1, 0.15) is 6.61 Å². The molecule has 128 valence electrons. The van der Waals surface area contributed by atoms with E-state index in [9.17, 15) is 14.4 Å². The molecule has 0 aliphatic heterocycles. The Morgan fingerprint density at radius 2 is 1.50 bits per heavy atom. The summed E-state index contributed by atoms with van der Waals surface area (Å²) in [6.07, 6.45) is 0. The number of amides is 3. The van der Waals surface area contributed by atoms with E-state index in [1.54, 1.807) is 20.8 Å². The van der Waals surface area contributed by atoms with E-state index in [1.165, 1.54) is 0 Å². The first kappa shape index (κ1) is 20.4. The van der Waals surface area contributed by atoms with Gasteiger partial charge in [-0.2, -0.15) is 0 Å². The molecule has 0 aromatic carbocycles. The van der Waals surface area contributed by atoms with E-state index in [2.05, 4.69) is 16.0 Å². The number of rotatable bonds is 7. The molecule has 0 atom stereocenters. The van der Waals surface area contributed by atoms with Gasteiger partial charge in [0.15, 0.2) is 0 Å². The molecule has 0 aromatic heterocycles. The first-order valence-corrected chi connectivity index (χ1v) is 7.35. The summed E-state index contributed by atoms with van der Waals surface area (Å²) in [5.41, 5.74) is -0.816. The van der Waals surface area contributed by atoms with Crippen LogP contribution in [0.3, 0.4) is 0 Å². The summed E-state index contributed by atoms with van der Waals surface area (Å²) in [6.45, 7) is 11.4. The molecule has 3 amide bonds. The summed E-state index contributed by atoms with van der Waals surface area (Å²) in [7, 11) is 0.